The van der Waals surface area contributed by atoms with Gasteiger partial charge in [0, 0.05) is 25.7 Å². The maximum absolute atomic E-state index is 12.2. The van der Waals surface area contributed by atoms with Crippen molar-refractivity contribution < 1.29 is 4.79 Å². The summed E-state index contributed by atoms with van der Waals surface area (Å²) in [5, 5.41) is 5.74. The Morgan fingerprint density at radius 1 is 1.12 bits per heavy atom. The molecule has 2 aromatic heterocycles. The number of thiazole rings is 1. The number of nitrogens with one attached hydrogen (secondary N) is 1. The Kier molecular flexibility index (Phi) is 5.40. The summed E-state index contributed by atoms with van der Waals surface area (Å²) in [5.41, 5.74) is 3.57. The first-order chi connectivity index (χ1) is 12.1. The number of amides is 1. The Hall–Kier alpha value is -2.73. The van der Waals surface area contributed by atoms with E-state index in [1.165, 1.54) is 5.56 Å². The fraction of sp³-hybridized carbons (Fsp3) is 0.211. The predicted molar refractivity (Wildman–Crippen MR) is 101 cm³/mol. The van der Waals surface area contributed by atoms with Gasteiger partial charge in [-0.3, -0.25) is 9.78 Å². The quantitative estimate of drug-likeness (QED) is 0.740. The second-order valence-electron chi connectivity index (χ2n) is 5.91. The molecule has 0 saturated carbocycles. The zero-order valence-corrected chi connectivity index (χ0v) is 15.1. The maximum atomic E-state index is 12.2. The molecule has 0 atom stereocenters. The average molecular weight is 352 g/mol. The topological polar surface area (TPSA) is 58.1 Å². The van der Waals surface area contributed by atoms with E-state index in [1.807, 2.05) is 48.6 Å². The number of hydrogen-bond donors (Lipinski definition) is 1. The lowest BCUT2D eigenvalue weighted by molar-refractivity contribution is 0.0945. The van der Waals surface area contributed by atoms with Crippen LogP contribution in [0.15, 0.2) is 54.0 Å². The van der Waals surface area contributed by atoms with Crippen LogP contribution in [0.5, 0.6) is 0 Å². The average Bonchev–Trinajstić information content (AvgIpc) is 3.11. The Balaban J connectivity index is 1.56. The summed E-state index contributed by atoms with van der Waals surface area (Å²) in [4.78, 5) is 22.9. The molecule has 0 aliphatic rings. The zero-order valence-electron chi connectivity index (χ0n) is 14.3. The summed E-state index contributed by atoms with van der Waals surface area (Å²) in [7, 11) is 3.89. The normalized spacial score (nSPS) is 10.5. The lowest BCUT2D eigenvalue weighted by atomic mass is 10.1. The van der Waals surface area contributed by atoms with Crippen LogP contribution >= 0.6 is 11.3 Å². The molecule has 1 N–H and O–H groups in total. The number of anilines is 1. The van der Waals surface area contributed by atoms with E-state index in [0.29, 0.717) is 12.2 Å². The molecule has 1 amide bonds. The van der Waals surface area contributed by atoms with E-state index in [2.05, 4.69) is 27.4 Å². The molecule has 0 saturated heterocycles. The molecule has 3 rings (SSSR count). The lowest BCUT2D eigenvalue weighted by Crippen LogP contribution is -2.24. The summed E-state index contributed by atoms with van der Waals surface area (Å²) in [6.07, 6.45) is 2.57. The van der Waals surface area contributed by atoms with E-state index in [0.717, 1.165) is 22.8 Å². The van der Waals surface area contributed by atoms with Crippen LogP contribution in [-0.2, 0) is 13.0 Å². The van der Waals surface area contributed by atoms with Gasteiger partial charge in [0.1, 0.15) is 5.69 Å². The number of aromatic nitrogens is 2. The van der Waals surface area contributed by atoms with Gasteiger partial charge in [-0.2, -0.15) is 0 Å². The molecule has 0 aliphatic heterocycles. The Morgan fingerprint density at radius 3 is 2.56 bits per heavy atom. The number of benzene rings is 1. The van der Waals surface area contributed by atoms with Crippen molar-refractivity contribution in [1.82, 2.24) is 15.3 Å². The molecule has 0 spiro atoms. The molecule has 0 bridgehead atoms. The van der Waals surface area contributed by atoms with Crippen LogP contribution in [0.2, 0.25) is 0 Å². The molecule has 1 aromatic carbocycles. The molecule has 5 nitrogen and oxygen atoms in total. The minimum atomic E-state index is -0.189. The minimum absolute atomic E-state index is 0.189. The largest absolute Gasteiger partial charge is 0.354 e. The van der Waals surface area contributed by atoms with E-state index >= 15 is 0 Å². The van der Waals surface area contributed by atoms with E-state index < -0.39 is 0 Å². The standard InChI is InChI=1S/C19H20N4OS/c1-23(2)19-22-16(13-25-19)12-21-18(24)17-9-8-15(11-20-17)10-14-6-4-3-5-7-14/h3-9,11,13H,10,12H2,1-2H3,(H,21,24). The SMILES string of the molecule is CN(C)c1nc(CNC(=O)c2ccc(Cc3ccccc3)cn2)cs1. The number of rotatable bonds is 6. The first-order valence-corrected chi connectivity index (χ1v) is 8.88. The van der Waals surface area contributed by atoms with Crippen molar-refractivity contribution in [3.8, 4) is 0 Å². The smallest absolute Gasteiger partial charge is 0.270 e. The number of nitrogens with zero attached hydrogens (tertiary/aromatic N) is 3. The molecule has 0 radical (unpaired) electrons. The van der Waals surface area contributed by atoms with Gasteiger partial charge in [-0.05, 0) is 23.6 Å². The van der Waals surface area contributed by atoms with Gasteiger partial charge < -0.3 is 10.2 Å². The van der Waals surface area contributed by atoms with Crippen molar-refractivity contribution in [3.63, 3.8) is 0 Å². The zero-order chi connectivity index (χ0) is 17.6. The summed E-state index contributed by atoms with van der Waals surface area (Å²) in [5.74, 6) is -0.189. The van der Waals surface area contributed by atoms with Gasteiger partial charge in [-0.1, -0.05) is 36.4 Å². The highest BCUT2D eigenvalue weighted by Gasteiger charge is 2.09. The van der Waals surface area contributed by atoms with E-state index in [9.17, 15) is 4.79 Å². The van der Waals surface area contributed by atoms with Gasteiger partial charge >= 0.3 is 0 Å². The Morgan fingerprint density at radius 2 is 1.92 bits per heavy atom. The molecule has 128 valence electrons. The second kappa shape index (κ2) is 7.90. The molecule has 0 fully saturated rings. The number of carbonyl (C=O) groups excluding carboxylic acids is 1. The summed E-state index contributed by atoms with van der Waals surface area (Å²) < 4.78 is 0. The van der Waals surface area contributed by atoms with Gasteiger partial charge in [0.2, 0.25) is 0 Å². The predicted octanol–water partition coefficient (Wildman–Crippen LogP) is 3.12. The van der Waals surface area contributed by atoms with Crippen LogP contribution < -0.4 is 10.2 Å². The highest BCUT2D eigenvalue weighted by atomic mass is 32.1. The van der Waals surface area contributed by atoms with Gasteiger partial charge in [-0.25, -0.2) is 4.98 Å². The molecule has 2 heterocycles. The summed E-state index contributed by atoms with van der Waals surface area (Å²) >= 11 is 1.56. The fourth-order valence-corrected chi connectivity index (χ4v) is 3.10. The third-order valence-electron chi connectivity index (χ3n) is 3.66. The monoisotopic (exact) mass is 352 g/mol. The molecule has 3 aromatic rings. The maximum Gasteiger partial charge on any atom is 0.270 e. The molecule has 25 heavy (non-hydrogen) atoms. The highest BCUT2D eigenvalue weighted by Crippen LogP contribution is 2.17. The van der Waals surface area contributed by atoms with Crippen molar-refractivity contribution in [3.05, 3.63) is 76.6 Å². The van der Waals surface area contributed by atoms with Crippen LogP contribution in [0.25, 0.3) is 0 Å². The fourth-order valence-electron chi connectivity index (χ4n) is 2.34. The second-order valence-corrected chi connectivity index (χ2v) is 6.75. The van der Waals surface area contributed by atoms with Crippen molar-refractivity contribution in [2.75, 3.05) is 19.0 Å². The summed E-state index contributed by atoms with van der Waals surface area (Å²) in [6, 6.07) is 13.9. The van der Waals surface area contributed by atoms with Crippen molar-refractivity contribution >= 4 is 22.4 Å². The lowest BCUT2D eigenvalue weighted by Gasteiger charge is -2.06. The molecular weight excluding hydrogens is 332 g/mol. The van der Waals surface area contributed by atoms with Crippen molar-refractivity contribution in [1.29, 1.82) is 0 Å². The number of hydrogen-bond acceptors (Lipinski definition) is 5. The van der Waals surface area contributed by atoms with Crippen LogP contribution in [-0.4, -0.2) is 30.0 Å². The molecule has 6 heteroatoms. The van der Waals surface area contributed by atoms with E-state index in [1.54, 1.807) is 23.6 Å². The third-order valence-corrected chi connectivity index (χ3v) is 4.72. The molecule has 0 unspecified atom stereocenters. The summed E-state index contributed by atoms with van der Waals surface area (Å²) in [6.45, 7) is 0.399. The third kappa shape index (κ3) is 4.64. The van der Waals surface area contributed by atoms with Gasteiger partial charge in [0.15, 0.2) is 5.13 Å². The first kappa shape index (κ1) is 17.1. The highest BCUT2D eigenvalue weighted by molar-refractivity contribution is 7.13. The van der Waals surface area contributed by atoms with E-state index in [4.69, 9.17) is 0 Å². The Bertz CT molecular complexity index is 828. The van der Waals surface area contributed by atoms with Crippen LogP contribution in [0.4, 0.5) is 5.13 Å². The van der Waals surface area contributed by atoms with Crippen molar-refractivity contribution in [2.24, 2.45) is 0 Å². The van der Waals surface area contributed by atoms with Gasteiger partial charge in [0.05, 0.1) is 12.2 Å². The number of carbonyl (C=O) groups is 1. The molecular formula is C19H20N4OS. The van der Waals surface area contributed by atoms with E-state index in [-0.39, 0.29) is 5.91 Å². The van der Waals surface area contributed by atoms with Crippen molar-refractivity contribution in [2.45, 2.75) is 13.0 Å². The first-order valence-electron chi connectivity index (χ1n) is 8.00. The molecule has 0 aliphatic carbocycles. The van der Waals surface area contributed by atoms with Crippen LogP contribution in [0.1, 0.15) is 27.3 Å². The van der Waals surface area contributed by atoms with Gasteiger partial charge in [0.25, 0.3) is 5.91 Å². The Labute approximate surface area is 151 Å². The number of pyridine rings is 1. The minimum Gasteiger partial charge on any atom is -0.354 e. The van der Waals surface area contributed by atoms with Gasteiger partial charge in [-0.15, -0.1) is 11.3 Å². The van der Waals surface area contributed by atoms with Crippen LogP contribution in [0.3, 0.4) is 0 Å². The van der Waals surface area contributed by atoms with Crippen LogP contribution in [0, 0.1) is 0 Å².